The van der Waals surface area contributed by atoms with E-state index in [1.165, 1.54) is 25.0 Å². The highest BCUT2D eigenvalue weighted by atomic mass is 19.1. The Morgan fingerprint density at radius 1 is 1.08 bits per heavy atom. The normalized spacial score (nSPS) is 15.8. The number of aromatic nitrogens is 4. The molecule has 2 aromatic heterocycles. The smallest absolute Gasteiger partial charge is 0.227 e. The molecule has 7 nitrogen and oxygen atoms in total. The van der Waals surface area contributed by atoms with Crippen LogP contribution in [0.4, 0.5) is 16.2 Å². The molecule has 0 amide bonds. The van der Waals surface area contributed by atoms with Gasteiger partial charge in [0.05, 0.1) is 18.5 Å². The maximum Gasteiger partial charge on any atom is 0.227 e. The molecular formula is C28H33FN6O. The summed E-state index contributed by atoms with van der Waals surface area (Å²) in [5, 5.41) is 16.9. The van der Waals surface area contributed by atoms with Crippen molar-refractivity contribution in [3.63, 3.8) is 0 Å². The number of imidazole rings is 1. The minimum absolute atomic E-state index is 0.145. The molecule has 1 fully saturated rings. The molecule has 8 heteroatoms. The van der Waals surface area contributed by atoms with E-state index in [1.807, 2.05) is 43.6 Å². The highest BCUT2D eigenvalue weighted by Crippen LogP contribution is 2.33. The van der Waals surface area contributed by atoms with Gasteiger partial charge in [0.2, 0.25) is 5.95 Å². The number of fused-ring (bicyclic) bond motifs is 1. The second-order valence-corrected chi connectivity index (χ2v) is 9.62. The van der Waals surface area contributed by atoms with Crippen molar-refractivity contribution in [3.8, 4) is 11.1 Å². The van der Waals surface area contributed by atoms with Crippen molar-refractivity contribution in [1.82, 2.24) is 19.5 Å². The number of hydrogen-bond acceptors (Lipinski definition) is 6. The minimum atomic E-state index is -0.526. The average molecular weight is 489 g/mol. The molecule has 4 aromatic rings. The molecule has 1 saturated carbocycles. The maximum atomic E-state index is 13.6. The molecule has 0 saturated heterocycles. The molecule has 3 N–H and O–H groups in total. The molecule has 2 atom stereocenters. The standard InChI is InChI=1S/C28H33FN6O/c1-3-24(18(2)36)32-28-33-26(25-27(34-28)35(17-31-25)23-9-4-5-10-23)30-16-19-11-13-20(14-12-19)21-7-6-8-22(29)15-21/h6-8,11-15,17-18,23-24,36H,3-5,9-10,16H2,1-2H3,(H2,30,32,33,34)/t18-,24?/m1/s1. The molecule has 0 spiro atoms. The zero-order chi connectivity index (χ0) is 25.1. The van der Waals surface area contributed by atoms with E-state index in [4.69, 9.17) is 9.97 Å². The van der Waals surface area contributed by atoms with Gasteiger partial charge in [-0.15, -0.1) is 0 Å². The Balaban J connectivity index is 1.41. The highest BCUT2D eigenvalue weighted by molar-refractivity contribution is 5.84. The van der Waals surface area contributed by atoms with E-state index < -0.39 is 6.10 Å². The Morgan fingerprint density at radius 3 is 2.56 bits per heavy atom. The molecule has 5 rings (SSSR count). The van der Waals surface area contributed by atoms with Gasteiger partial charge in [0.1, 0.15) is 5.82 Å². The van der Waals surface area contributed by atoms with Crippen molar-refractivity contribution in [2.45, 2.75) is 70.7 Å². The molecule has 1 aliphatic carbocycles. The van der Waals surface area contributed by atoms with Gasteiger partial charge in [0.15, 0.2) is 17.0 Å². The SMILES string of the molecule is CCC(Nc1nc(NCc2ccc(-c3cccc(F)c3)cc2)c2ncn(C3CCCC3)c2n1)[C@@H](C)O. The van der Waals surface area contributed by atoms with E-state index in [9.17, 15) is 9.50 Å². The van der Waals surface area contributed by atoms with Gasteiger partial charge < -0.3 is 20.3 Å². The van der Waals surface area contributed by atoms with Crippen molar-refractivity contribution < 1.29 is 9.50 Å². The average Bonchev–Trinajstić information content (AvgIpc) is 3.56. The Labute approximate surface area is 210 Å². The summed E-state index contributed by atoms with van der Waals surface area (Å²) in [6.07, 6.45) is 6.80. The first-order valence-electron chi connectivity index (χ1n) is 12.8. The minimum Gasteiger partial charge on any atom is -0.391 e. The Kier molecular flexibility index (Phi) is 7.13. The number of aliphatic hydroxyl groups is 1. The lowest BCUT2D eigenvalue weighted by Gasteiger charge is -2.20. The fourth-order valence-electron chi connectivity index (χ4n) is 4.95. The van der Waals surface area contributed by atoms with Gasteiger partial charge in [-0.05, 0) is 55.0 Å². The number of rotatable bonds is 9. The largest absolute Gasteiger partial charge is 0.391 e. The summed E-state index contributed by atoms with van der Waals surface area (Å²) in [6, 6.07) is 14.9. The van der Waals surface area contributed by atoms with Gasteiger partial charge in [-0.2, -0.15) is 9.97 Å². The van der Waals surface area contributed by atoms with Gasteiger partial charge in [-0.25, -0.2) is 9.37 Å². The molecular weight excluding hydrogens is 455 g/mol. The van der Waals surface area contributed by atoms with Crippen molar-refractivity contribution in [2.24, 2.45) is 0 Å². The van der Waals surface area contributed by atoms with E-state index in [1.54, 1.807) is 13.0 Å². The van der Waals surface area contributed by atoms with Gasteiger partial charge in [-0.1, -0.05) is 56.2 Å². The fraction of sp³-hybridized carbons (Fsp3) is 0.393. The van der Waals surface area contributed by atoms with Crippen molar-refractivity contribution in [3.05, 3.63) is 66.2 Å². The lowest BCUT2D eigenvalue weighted by atomic mass is 10.0. The zero-order valence-electron chi connectivity index (χ0n) is 20.8. The number of halogens is 1. The van der Waals surface area contributed by atoms with E-state index in [-0.39, 0.29) is 11.9 Å². The third kappa shape index (κ3) is 5.18. The van der Waals surface area contributed by atoms with Crippen LogP contribution in [0, 0.1) is 5.82 Å². The molecule has 0 radical (unpaired) electrons. The lowest BCUT2D eigenvalue weighted by molar-refractivity contribution is 0.169. The van der Waals surface area contributed by atoms with Crippen LogP contribution in [0.25, 0.3) is 22.3 Å². The van der Waals surface area contributed by atoms with Crippen LogP contribution in [-0.2, 0) is 6.54 Å². The summed E-state index contributed by atoms with van der Waals surface area (Å²) in [6.45, 7) is 4.35. The van der Waals surface area contributed by atoms with Crippen LogP contribution in [0.2, 0.25) is 0 Å². The number of aliphatic hydroxyl groups excluding tert-OH is 1. The zero-order valence-corrected chi connectivity index (χ0v) is 20.8. The summed E-state index contributed by atoms with van der Waals surface area (Å²) in [5.41, 5.74) is 4.44. The number of hydrogen-bond donors (Lipinski definition) is 3. The first-order valence-corrected chi connectivity index (χ1v) is 12.8. The van der Waals surface area contributed by atoms with Crippen LogP contribution in [0.3, 0.4) is 0 Å². The Hall–Kier alpha value is -3.52. The third-order valence-corrected chi connectivity index (χ3v) is 7.05. The van der Waals surface area contributed by atoms with Gasteiger partial charge in [0, 0.05) is 12.6 Å². The summed E-state index contributed by atoms with van der Waals surface area (Å²) < 4.78 is 15.8. The molecule has 2 aromatic carbocycles. The van der Waals surface area contributed by atoms with Crippen molar-refractivity contribution >= 4 is 22.9 Å². The molecule has 0 bridgehead atoms. The summed E-state index contributed by atoms with van der Waals surface area (Å²) >= 11 is 0. The van der Waals surface area contributed by atoms with Crippen LogP contribution in [0.5, 0.6) is 0 Å². The van der Waals surface area contributed by atoms with Crippen LogP contribution in [0.15, 0.2) is 54.9 Å². The predicted octanol–water partition coefficient (Wildman–Crippen LogP) is 5.93. The topological polar surface area (TPSA) is 87.9 Å². The molecule has 0 aliphatic heterocycles. The lowest BCUT2D eigenvalue weighted by Crippen LogP contribution is -2.31. The number of nitrogens with zero attached hydrogens (tertiary/aromatic N) is 4. The van der Waals surface area contributed by atoms with Gasteiger partial charge in [-0.3, -0.25) is 0 Å². The Bertz CT molecular complexity index is 1310. The monoisotopic (exact) mass is 488 g/mol. The molecule has 36 heavy (non-hydrogen) atoms. The quantitative estimate of drug-likeness (QED) is 0.271. The van der Waals surface area contributed by atoms with Crippen molar-refractivity contribution in [1.29, 1.82) is 0 Å². The summed E-state index contributed by atoms with van der Waals surface area (Å²) in [4.78, 5) is 14.2. The molecule has 1 aliphatic rings. The first-order chi connectivity index (χ1) is 17.5. The van der Waals surface area contributed by atoms with E-state index in [0.29, 0.717) is 24.4 Å². The van der Waals surface area contributed by atoms with Crippen LogP contribution in [-0.4, -0.2) is 36.8 Å². The van der Waals surface area contributed by atoms with Crippen LogP contribution in [0.1, 0.15) is 57.6 Å². The van der Waals surface area contributed by atoms with Gasteiger partial charge in [0.25, 0.3) is 0 Å². The first kappa shape index (κ1) is 24.2. The highest BCUT2D eigenvalue weighted by Gasteiger charge is 2.23. The molecule has 188 valence electrons. The van der Waals surface area contributed by atoms with E-state index in [0.717, 1.165) is 47.1 Å². The van der Waals surface area contributed by atoms with E-state index in [2.05, 4.69) is 20.2 Å². The predicted molar refractivity (Wildman–Crippen MR) is 141 cm³/mol. The van der Waals surface area contributed by atoms with Crippen LogP contribution < -0.4 is 10.6 Å². The fourth-order valence-corrected chi connectivity index (χ4v) is 4.95. The second kappa shape index (κ2) is 10.6. The number of nitrogens with one attached hydrogen (secondary N) is 2. The van der Waals surface area contributed by atoms with E-state index >= 15 is 0 Å². The number of benzene rings is 2. The summed E-state index contributed by atoms with van der Waals surface area (Å²) in [5.74, 6) is 0.904. The Morgan fingerprint density at radius 2 is 1.86 bits per heavy atom. The molecule has 1 unspecified atom stereocenters. The maximum absolute atomic E-state index is 13.6. The number of anilines is 2. The molecule has 2 heterocycles. The third-order valence-electron chi connectivity index (χ3n) is 7.05. The second-order valence-electron chi connectivity index (χ2n) is 9.62. The van der Waals surface area contributed by atoms with Crippen LogP contribution >= 0.6 is 0 Å². The van der Waals surface area contributed by atoms with Crippen molar-refractivity contribution in [2.75, 3.05) is 10.6 Å². The van der Waals surface area contributed by atoms with Gasteiger partial charge >= 0.3 is 0 Å². The summed E-state index contributed by atoms with van der Waals surface area (Å²) in [7, 11) is 0.